The number of rotatable bonds is 6. The Balaban J connectivity index is 1.71. The van der Waals surface area contributed by atoms with Crippen LogP contribution in [0.5, 0.6) is 0 Å². The summed E-state index contributed by atoms with van der Waals surface area (Å²) in [6.07, 6.45) is 3.68. The maximum absolute atomic E-state index is 13.2. The van der Waals surface area contributed by atoms with Crippen LogP contribution in [0.25, 0.3) is 11.2 Å². The second-order valence-electron chi connectivity index (χ2n) is 7.07. The average molecular weight is 415 g/mol. The first-order valence-electron chi connectivity index (χ1n) is 9.94. The van der Waals surface area contributed by atoms with Gasteiger partial charge in [-0.15, -0.1) is 0 Å². The number of amides is 1. The Labute approximate surface area is 177 Å². The highest BCUT2D eigenvalue weighted by atomic mass is 16.2. The molecule has 0 saturated carbocycles. The van der Waals surface area contributed by atoms with Gasteiger partial charge in [-0.3, -0.25) is 18.7 Å². The molecule has 0 atom stereocenters. The first kappa shape index (κ1) is 20.2. The van der Waals surface area contributed by atoms with Gasteiger partial charge in [0.1, 0.15) is 6.54 Å². The fraction of sp³-hybridized carbons (Fsp3) is 0.174. The molecule has 0 aliphatic carbocycles. The molecule has 0 aliphatic rings. The van der Waals surface area contributed by atoms with E-state index in [2.05, 4.69) is 22.2 Å². The summed E-state index contributed by atoms with van der Waals surface area (Å²) in [6, 6.07) is 16.7. The van der Waals surface area contributed by atoms with E-state index in [1.807, 2.05) is 54.6 Å². The van der Waals surface area contributed by atoms with E-state index in [9.17, 15) is 14.4 Å². The molecule has 4 rings (SSSR count). The molecule has 1 amide bonds. The van der Waals surface area contributed by atoms with E-state index >= 15 is 0 Å². The normalized spacial score (nSPS) is 10.9. The van der Waals surface area contributed by atoms with Crippen LogP contribution in [0.15, 0.2) is 76.6 Å². The molecule has 0 unspecified atom stereocenters. The molecule has 2 aromatic heterocycles. The SMILES string of the molecule is CCc1ccc(NC(=O)Cn2c(=O)n(Cc3ccccc3)c(=O)c3nccnc32)cc1. The van der Waals surface area contributed by atoms with Gasteiger partial charge in [0.25, 0.3) is 5.56 Å². The Morgan fingerprint density at radius 3 is 2.32 bits per heavy atom. The molecular formula is C23H21N5O3. The van der Waals surface area contributed by atoms with Gasteiger partial charge in [0.15, 0.2) is 11.2 Å². The number of fused-ring (bicyclic) bond motifs is 1. The standard InChI is InChI=1S/C23H21N5O3/c1-2-16-8-10-18(11-9-16)26-19(29)15-27-21-20(24-12-13-25-21)22(30)28(23(27)31)14-17-6-4-3-5-7-17/h3-13H,2,14-15H2,1H3,(H,26,29). The highest BCUT2D eigenvalue weighted by molar-refractivity contribution is 5.91. The second kappa shape index (κ2) is 8.74. The minimum Gasteiger partial charge on any atom is -0.325 e. The number of benzene rings is 2. The minimum absolute atomic E-state index is 0.0399. The minimum atomic E-state index is -0.613. The number of hydrogen-bond acceptors (Lipinski definition) is 5. The van der Waals surface area contributed by atoms with Crippen LogP contribution in [0.4, 0.5) is 5.69 Å². The lowest BCUT2D eigenvalue weighted by Crippen LogP contribution is -2.42. The van der Waals surface area contributed by atoms with Crippen LogP contribution in [-0.4, -0.2) is 25.0 Å². The maximum Gasteiger partial charge on any atom is 0.333 e. The van der Waals surface area contributed by atoms with Crippen molar-refractivity contribution in [3.05, 3.63) is 99.0 Å². The molecule has 0 fully saturated rings. The van der Waals surface area contributed by atoms with E-state index in [1.54, 1.807) is 0 Å². The van der Waals surface area contributed by atoms with Crippen molar-refractivity contribution in [2.45, 2.75) is 26.4 Å². The Morgan fingerprint density at radius 1 is 0.903 bits per heavy atom. The number of hydrogen-bond donors (Lipinski definition) is 1. The number of nitrogens with zero attached hydrogens (tertiary/aromatic N) is 4. The van der Waals surface area contributed by atoms with Crippen LogP contribution in [0, 0.1) is 0 Å². The summed E-state index contributed by atoms with van der Waals surface area (Å²) in [5.74, 6) is -0.400. The van der Waals surface area contributed by atoms with Gasteiger partial charge < -0.3 is 5.32 Å². The third-order valence-electron chi connectivity index (χ3n) is 4.98. The van der Waals surface area contributed by atoms with Gasteiger partial charge in [-0.25, -0.2) is 14.8 Å². The molecule has 31 heavy (non-hydrogen) atoms. The number of carbonyl (C=O) groups is 1. The van der Waals surface area contributed by atoms with Gasteiger partial charge >= 0.3 is 5.69 Å². The van der Waals surface area contributed by atoms with E-state index in [1.165, 1.54) is 17.0 Å². The van der Waals surface area contributed by atoms with Crippen molar-refractivity contribution in [3.8, 4) is 0 Å². The van der Waals surface area contributed by atoms with Gasteiger partial charge in [0.05, 0.1) is 6.54 Å². The first-order chi connectivity index (χ1) is 15.1. The zero-order chi connectivity index (χ0) is 21.8. The summed E-state index contributed by atoms with van der Waals surface area (Å²) in [7, 11) is 0. The van der Waals surface area contributed by atoms with Crippen LogP contribution in [0.3, 0.4) is 0 Å². The van der Waals surface area contributed by atoms with E-state index in [-0.39, 0.29) is 24.3 Å². The highest BCUT2D eigenvalue weighted by Gasteiger charge is 2.17. The quantitative estimate of drug-likeness (QED) is 0.521. The lowest BCUT2D eigenvalue weighted by atomic mass is 10.1. The van der Waals surface area contributed by atoms with Crippen LogP contribution >= 0.6 is 0 Å². The lowest BCUT2D eigenvalue weighted by molar-refractivity contribution is -0.116. The summed E-state index contributed by atoms with van der Waals surface area (Å²) in [5, 5.41) is 2.78. The van der Waals surface area contributed by atoms with Crippen molar-refractivity contribution in [2.75, 3.05) is 5.32 Å². The Hall–Kier alpha value is -4.07. The van der Waals surface area contributed by atoms with E-state index in [4.69, 9.17) is 0 Å². The Morgan fingerprint density at radius 2 is 1.61 bits per heavy atom. The molecule has 0 saturated heterocycles. The smallest absolute Gasteiger partial charge is 0.325 e. The fourth-order valence-electron chi connectivity index (χ4n) is 3.35. The van der Waals surface area contributed by atoms with E-state index < -0.39 is 17.2 Å². The molecule has 2 heterocycles. The van der Waals surface area contributed by atoms with Crippen molar-refractivity contribution in [2.24, 2.45) is 0 Å². The zero-order valence-corrected chi connectivity index (χ0v) is 17.0. The number of anilines is 1. The van der Waals surface area contributed by atoms with Crippen molar-refractivity contribution in [1.82, 2.24) is 19.1 Å². The van der Waals surface area contributed by atoms with E-state index in [0.29, 0.717) is 5.69 Å². The number of carbonyl (C=O) groups excluding carboxylic acids is 1. The largest absolute Gasteiger partial charge is 0.333 e. The molecule has 8 nitrogen and oxygen atoms in total. The average Bonchev–Trinajstić information content (AvgIpc) is 2.80. The zero-order valence-electron chi connectivity index (χ0n) is 17.0. The van der Waals surface area contributed by atoms with Crippen molar-refractivity contribution < 1.29 is 4.79 Å². The van der Waals surface area contributed by atoms with Crippen LogP contribution in [0.1, 0.15) is 18.1 Å². The molecule has 4 aromatic rings. The van der Waals surface area contributed by atoms with Gasteiger partial charge in [0.2, 0.25) is 5.91 Å². The summed E-state index contributed by atoms with van der Waals surface area (Å²) in [4.78, 5) is 47.0. The second-order valence-corrected chi connectivity index (χ2v) is 7.07. The summed E-state index contributed by atoms with van der Waals surface area (Å²) < 4.78 is 2.26. The molecule has 2 aromatic carbocycles. The third-order valence-corrected chi connectivity index (χ3v) is 4.98. The highest BCUT2D eigenvalue weighted by Crippen LogP contribution is 2.10. The van der Waals surface area contributed by atoms with Crippen LogP contribution in [0.2, 0.25) is 0 Å². The maximum atomic E-state index is 13.2. The monoisotopic (exact) mass is 415 g/mol. The predicted molar refractivity (Wildman–Crippen MR) is 118 cm³/mol. The molecule has 0 radical (unpaired) electrons. The lowest BCUT2D eigenvalue weighted by Gasteiger charge is -2.13. The van der Waals surface area contributed by atoms with Crippen molar-refractivity contribution >= 4 is 22.8 Å². The summed E-state index contributed by atoms with van der Waals surface area (Å²) in [5.41, 5.74) is 1.54. The fourth-order valence-corrected chi connectivity index (χ4v) is 3.35. The first-order valence-corrected chi connectivity index (χ1v) is 9.94. The van der Waals surface area contributed by atoms with Crippen molar-refractivity contribution in [3.63, 3.8) is 0 Å². The molecule has 0 aliphatic heterocycles. The predicted octanol–water partition coefficient (Wildman–Crippen LogP) is 2.20. The van der Waals surface area contributed by atoms with E-state index in [0.717, 1.165) is 22.1 Å². The number of aryl methyl sites for hydroxylation is 1. The van der Waals surface area contributed by atoms with Crippen LogP contribution in [-0.2, 0) is 24.3 Å². The summed E-state index contributed by atoms with van der Waals surface area (Å²) in [6.45, 7) is 1.83. The molecule has 0 bridgehead atoms. The molecule has 0 spiro atoms. The van der Waals surface area contributed by atoms with Gasteiger partial charge in [0, 0.05) is 18.1 Å². The van der Waals surface area contributed by atoms with Crippen molar-refractivity contribution in [1.29, 1.82) is 0 Å². The Kier molecular flexibility index (Phi) is 5.70. The molecular weight excluding hydrogens is 394 g/mol. The number of aromatic nitrogens is 4. The van der Waals surface area contributed by atoms with Gasteiger partial charge in [-0.2, -0.15) is 0 Å². The van der Waals surface area contributed by atoms with Crippen LogP contribution < -0.4 is 16.6 Å². The molecule has 8 heteroatoms. The van der Waals surface area contributed by atoms with Gasteiger partial charge in [-0.05, 0) is 29.7 Å². The number of nitrogens with one attached hydrogen (secondary N) is 1. The molecule has 1 N–H and O–H groups in total. The molecule has 156 valence electrons. The summed E-state index contributed by atoms with van der Waals surface area (Å²) >= 11 is 0. The van der Waals surface area contributed by atoms with Gasteiger partial charge in [-0.1, -0.05) is 49.4 Å². The third kappa shape index (κ3) is 4.28. The Bertz CT molecular complexity index is 1340. The topological polar surface area (TPSA) is 98.9 Å².